The summed E-state index contributed by atoms with van der Waals surface area (Å²) in [5.41, 5.74) is 0.271. The summed E-state index contributed by atoms with van der Waals surface area (Å²) in [6.07, 6.45) is 1.78. The van der Waals surface area contributed by atoms with E-state index >= 15 is 0 Å². The molecule has 2 unspecified atom stereocenters. The number of anilines is 1. The molecule has 2 aliphatic heterocycles. The number of aromatic nitrogens is 1. The van der Waals surface area contributed by atoms with E-state index < -0.39 is 11.6 Å². The highest BCUT2D eigenvalue weighted by molar-refractivity contribution is 5.81. The van der Waals surface area contributed by atoms with Gasteiger partial charge in [-0.3, -0.25) is 9.69 Å². The smallest absolute Gasteiger partial charge is 0.228 e. The van der Waals surface area contributed by atoms with Crippen LogP contribution in [0.2, 0.25) is 0 Å². The lowest BCUT2D eigenvalue weighted by Gasteiger charge is -2.46. The average Bonchev–Trinajstić information content (AvgIpc) is 3.19. The highest BCUT2D eigenvalue weighted by atomic mass is 19.1. The predicted octanol–water partition coefficient (Wildman–Crippen LogP) is 4.30. The molecule has 0 saturated carbocycles. The molecule has 1 aromatic carbocycles. The number of carbonyl (C=O) groups excluding carboxylic acids is 1. The average molecular weight is 457 g/mol. The monoisotopic (exact) mass is 456 g/mol. The number of likely N-dealkylation sites (tertiary alicyclic amines) is 1. The third-order valence-corrected chi connectivity index (χ3v) is 7.09. The molecule has 178 valence electrons. The van der Waals surface area contributed by atoms with E-state index in [9.17, 15) is 13.6 Å². The van der Waals surface area contributed by atoms with Crippen LogP contribution in [0.3, 0.4) is 0 Å². The zero-order valence-electron chi connectivity index (χ0n) is 20.1. The molecule has 0 spiro atoms. The van der Waals surface area contributed by atoms with Crippen LogP contribution in [0.4, 0.5) is 14.6 Å². The van der Waals surface area contributed by atoms with Gasteiger partial charge < -0.3 is 9.80 Å². The van der Waals surface area contributed by atoms with E-state index in [1.54, 1.807) is 6.20 Å². The van der Waals surface area contributed by atoms with Gasteiger partial charge in [-0.15, -0.1) is 0 Å². The van der Waals surface area contributed by atoms with Crippen molar-refractivity contribution < 1.29 is 13.6 Å². The van der Waals surface area contributed by atoms with Gasteiger partial charge in [0.2, 0.25) is 5.91 Å². The molecule has 0 radical (unpaired) electrons. The second-order valence-electron chi connectivity index (χ2n) is 10.5. The molecule has 0 aliphatic carbocycles. The zero-order valence-corrected chi connectivity index (χ0v) is 20.1. The summed E-state index contributed by atoms with van der Waals surface area (Å²) in [6.45, 7) is 13.0. The quantitative estimate of drug-likeness (QED) is 0.691. The number of carbonyl (C=O) groups is 1. The van der Waals surface area contributed by atoms with Gasteiger partial charge in [-0.25, -0.2) is 13.8 Å². The van der Waals surface area contributed by atoms with Crippen molar-refractivity contribution in [3.63, 3.8) is 0 Å². The van der Waals surface area contributed by atoms with Crippen LogP contribution < -0.4 is 4.90 Å². The summed E-state index contributed by atoms with van der Waals surface area (Å²) in [5, 5.41) is 0. The van der Waals surface area contributed by atoms with Crippen molar-refractivity contribution in [2.75, 3.05) is 31.1 Å². The van der Waals surface area contributed by atoms with Crippen molar-refractivity contribution in [1.29, 1.82) is 0 Å². The maximum Gasteiger partial charge on any atom is 0.228 e. The van der Waals surface area contributed by atoms with Crippen molar-refractivity contribution in [3.05, 3.63) is 59.8 Å². The third kappa shape index (κ3) is 4.74. The molecular weight excluding hydrogens is 422 g/mol. The highest BCUT2D eigenvalue weighted by Crippen LogP contribution is 2.39. The number of benzene rings is 1. The number of rotatable bonds is 3. The van der Waals surface area contributed by atoms with Gasteiger partial charge in [-0.1, -0.05) is 12.1 Å². The van der Waals surface area contributed by atoms with Gasteiger partial charge in [0.1, 0.15) is 17.5 Å². The lowest BCUT2D eigenvalue weighted by atomic mass is 9.86. The van der Waals surface area contributed by atoms with Crippen LogP contribution in [0.1, 0.15) is 46.1 Å². The summed E-state index contributed by atoms with van der Waals surface area (Å²) in [6, 6.07) is 9.55. The first-order chi connectivity index (χ1) is 15.6. The Kier molecular flexibility index (Phi) is 6.45. The minimum absolute atomic E-state index is 0.00865. The number of hydrogen-bond acceptors (Lipinski definition) is 4. The van der Waals surface area contributed by atoms with Crippen LogP contribution in [-0.4, -0.2) is 64.5 Å². The lowest BCUT2D eigenvalue weighted by Crippen LogP contribution is -2.60. The first-order valence-electron chi connectivity index (χ1n) is 11.7. The summed E-state index contributed by atoms with van der Waals surface area (Å²) < 4.78 is 28.4. The molecule has 1 aromatic heterocycles. The maximum atomic E-state index is 14.8. The van der Waals surface area contributed by atoms with Crippen molar-refractivity contribution in [2.24, 2.45) is 5.92 Å². The lowest BCUT2D eigenvalue weighted by molar-refractivity contribution is -0.140. The molecule has 4 atom stereocenters. The fourth-order valence-corrected chi connectivity index (χ4v) is 5.40. The Balaban J connectivity index is 1.60. The zero-order chi connectivity index (χ0) is 23.9. The molecule has 2 fully saturated rings. The molecular formula is C26H34F2N4O. The Hall–Kier alpha value is -2.54. The molecule has 2 aromatic rings. The van der Waals surface area contributed by atoms with E-state index in [0.717, 1.165) is 11.9 Å². The summed E-state index contributed by atoms with van der Waals surface area (Å²) >= 11 is 0. The predicted molar refractivity (Wildman–Crippen MR) is 126 cm³/mol. The molecule has 2 aliphatic rings. The first kappa shape index (κ1) is 23.6. The Morgan fingerprint density at radius 2 is 1.70 bits per heavy atom. The molecule has 4 rings (SSSR count). The topological polar surface area (TPSA) is 39.7 Å². The molecule has 1 amide bonds. The van der Waals surface area contributed by atoms with Gasteiger partial charge in [0.05, 0.1) is 5.92 Å². The molecule has 0 bridgehead atoms. The fraction of sp³-hybridized carbons (Fsp3) is 0.538. The Labute approximate surface area is 195 Å². The van der Waals surface area contributed by atoms with Gasteiger partial charge in [0, 0.05) is 62.0 Å². The Bertz CT molecular complexity index is 982. The van der Waals surface area contributed by atoms with E-state index in [1.165, 1.54) is 12.1 Å². The van der Waals surface area contributed by atoms with E-state index in [2.05, 4.69) is 49.4 Å². The van der Waals surface area contributed by atoms with Gasteiger partial charge in [0.15, 0.2) is 0 Å². The normalized spacial score (nSPS) is 26.6. The second-order valence-corrected chi connectivity index (χ2v) is 10.5. The number of piperazine rings is 1. The number of hydrogen-bond donors (Lipinski definition) is 0. The van der Waals surface area contributed by atoms with Gasteiger partial charge in [0.25, 0.3) is 0 Å². The van der Waals surface area contributed by atoms with Gasteiger partial charge >= 0.3 is 0 Å². The third-order valence-electron chi connectivity index (χ3n) is 7.09. The van der Waals surface area contributed by atoms with E-state index in [4.69, 9.17) is 0 Å². The highest BCUT2D eigenvalue weighted by Gasteiger charge is 2.46. The largest absolute Gasteiger partial charge is 0.353 e. The number of pyridine rings is 1. The van der Waals surface area contributed by atoms with Gasteiger partial charge in [-0.05, 0) is 58.4 Å². The van der Waals surface area contributed by atoms with Gasteiger partial charge in [-0.2, -0.15) is 0 Å². The summed E-state index contributed by atoms with van der Waals surface area (Å²) in [7, 11) is 0. The van der Waals surface area contributed by atoms with Crippen LogP contribution in [0.5, 0.6) is 0 Å². The van der Waals surface area contributed by atoms with Crippen LogP contribution in [0.15, 0.2) is 42.6 Å². The fourth-order valence-electron chi connectivity index (χ4n) is 5.40. The van der Waals surface area contributed by atoms with Crippen molar-refractivity contribution in [1.82, 2.24) is 14.8 Å². The Morgan fingerprint density at radius 1 is 1.00 bits per heavy atom. The summed E-state index contributed by atoms with van der Waals surface area (Å²) in [4.78, 5) is 24.9. The van der Waals surface area contributed by atoms with E-state index in [1.807, 2.05) is 23.1 Å². The minimum Gasteiger partial charge on any atom is -0.353 e. The van der Waals surface area contributed by atoms with E-state index in [-0.39, 0.29) is 35.4 Å². The van der Waals surface area contributed by atoms with Crippen LogP contribution in [0, 0.1) is 17.6 Å². The van der Waals surface area contributed by atoms with Crippen LogP contribution in [0.25, 0.3) is 0 Å². The molecule has 7 heteroatoms. The molecule has 3 heterocycles. The summed E-state index contributed by atoms with van der Waals surface area (Å²) in [5.74, 6) is -0.904. The van der Waals surface area contributed by atoms with Crippen molar-refractivity contribution in [2.45, 2.75) is 58.2 Å². The van der Waals surface area contributed by atoms with Crippen molar-refractivity contribution in [3.8, 4) is 0 Å². The molecule has 5 nitrogen and oxygen atoms in total. The molecule has 0 N–H and O–H groups in total. The van der Waals surface area contributed by atoms with Crippen LogP contribution in [-0.2, 0) is 4.79 Å². The van der Waals surface area contributed by atoms with Crippen molar-refractivity contribution >= 4 is 11.7 Å². The Morgan fingerprint density at radius 3 is 2.27 bits per heavy atom. The number of nitrogens with zero attached hydrogens (tertiary/aromatic N) is 4. The number of halogens is 2. The maximum absolute atomic E-state index is 14.8. The van der Waals surface area contributed by atoms with Crippen LogP contribution >= 0.6 is 0 Å². The minimum atomic E-state index is -0.599. The molecule has 2 saturated heterocycles. The first-order valence-corrected chi connectivity index (χ1v) is 11.7. The SMILES string of the molecule is C[C@@H]1CN(c2ccccn2)C[C@H](C)N1C(=O)C1CN(C(C)(C)C)CC1c1ccc(F)cc1F. The molecule has 33 heavy (non-hydrogen) atoms. The standard InChI is InChI=1S/C26H34F2N4O/c1-17-13-30(24-8-6-7-11-29-24)14-18(2)32(17)25(33)22-16-31(26(3,4)5)15-21(22)20-10-9-19(27)12-23(20)28/h6-12,17-18,21-22H,13-16H2,1-5H3/t17-,18+,21?,22?. The number of amides is 1. The van der Waals surface area contributed by atoms with E-state index in [0.29, 0.717) is 31.7 Å². The second kappa shape index (κ2) is 9.01.